The Kier molecular flexibility index (Phi) is 7.26. The van der Waals surface area contributed by atoms with Crippen molar-refractivity contribution in [2.75, 3.05) is 7.11 Å². The lowest BCUT2D eigenvalue weighted by atomic mass is 9.76. The number of carbonyl (C=O) groups excluding carboxylic acids is 2. The minimum Gasteiger partial charge on any atom is -0.465 e. The van der Waals surface area contributed by atoms with Gasteiger partial charge in [0.2, 0.25) is 0 Å². The average Bonchev–Trinajstić information content (AvgIpc) is 3.33. The van der Waals surface area contributed by atoms with Crippen molar-refractivity contribution in [1.29, 1.82) is 0 Å². The fourth-order valence-electron chi connectivity index (χ4n) is 5.57. The third-order valence-corrected chi connectivity index (χ3v) is 7.58. The highest BCUT2D eigenvalue weighted by atomic mass is 16.5. The average molecular weight is 481 g/mol. The summed E-state index contributed by atoms with van der Waals surface area (Å²) < 4.78 is 6.98. The Morgan fingerprint density at radius 3 is 2.33 bits per heavy atom. The molecule has 1 aliphatic carbocycles. The van der Waals surface area contributed by atoms with Crippen LogP contribution in [0.2, 0.25) is 0 Å². The van der Waals surface area contributed by atoms with Gasteiger partial charge in [0.05, 0.1) is 12.7 Å². The number of esters is 1. The normalized spacial score (nSPS) is 17.7. The van der Waals surface area contributed by atoms with Gasteiger partial charge in [0.1, 0.15) is 11.9 Å². The molecule has 5 nitrogen and oxygen atoms in total. The van der Waals surface area contributed by atoms with Gasteiger partial charge in [-0.15, -0.1) is 0 Å². The summed E-state index contributed by atoms with van der Waals surface area (Å²) in [5.41, 5.74) is 6.57. The molecule has 0 N–H and O–H groups in total. The van der Waals surface area contributed by atoms with Gasteiger partial charge in [0.25, 0.3) is 0 Å². The van der Waals surface area contributed by atoms with Crippen LogP contribution >= 0.6 is 0 Å². The lowest BCUT2D eigenvalue weighted by Gasteiger charge is -2.29. The van der Waals surface area contributed by atoms with Crippen LogP contribution in [0.25, 0.3) is 11.0 Å². The summed E-state index contributed by atoms with van der Waals surface area (Å²) >= 11 is 0. The largest absolute Gasteiger partial charge is 0.465 e. The first-order valence-corrected chi connectivity index (χ1v) is 12.8. The van der Waals surface area contributed by atoms with E-state index in [-0.39, 0.29) is 5.97 Å². The van der Waals surface area contributed by atoms with Crippen molar-refractivity contribution >= 4 is 23.3 Å². The van der Waals surface area contributed by atoms with E-state index in [4.69, 9.17) is 9.72 Å². The van der Waals surface area contributed by atoms with Crippen LogP contribution < -0.4 is 0 Å². The van der Waals surface area contributed by atoms with E-state index < -0.39 is 0 Å². The lowest BCUT2D eigenvalue weighted by molar-refractivity contribution is -0.107. The second-order valence-corrected chi connectivity index (χ2v) is 9.88. The van der Waals surface area contributed by atoms with E-state index in [1.165, 1.54) is 49.3 Å². The Bertz CT molecular complexity index is 1330. The summed E-state index contributed by atoms with van der Waals surface area (Å²) in [6.45, 7) is 0.708. The molecule has 0 amide bonds. The first-order chi connectivity index (χ1) is 17.6. The fourth-order valence-corrected chi connectivity index (χ4v) is 5.57. The number of methoxy groups -OCH3 is 1. The molecule has 0 atom stereocenters. The second-order valence-electron chi connectivity index (χ2n) is 9.88. The van der Waals surface area contributed by atoms with E-state index in [1.807, 2.05) is 30.5 Å². The molecule has 0 radical (unpaired) electrons. The molecule has 2 aromatic heterocycles. The Hall–Kier alpha value is -3.73. The molecule has 2 heterocycles. The summed E-state index contributed by atoms with van der Waals surface area (Å²) in [6.07, 6.45) is 11.5. The molecule has 1 aliphatic rings. The highest BCUT2D eigenvalue weighted by Crippen LogP contribution is 2.39. The third-order valence-electron chi connectivity index (χ3n) is 7.58. The third kappa shape index (κ3) is 5.25. The number of pyridine rings is 1. The molecular weight excluding hydrogens is 448 g/mol. The molecule has 4 aromatic rings. The molecule has 0 aliphatic heterocycles. The van der Waals surface area contributed by atoms with Gasteiger partial charge >= 0.3 is 5.97 Å². The van der Waals surface area contributed by atoms with E-state index >= 15 is 0 Å². The summed E-state index contributed by atoms with van der Waals surface area (Å²) in [4.78, 5) is 27.1. The van der Waals surface area contributed by atoms with Gasteiger partial charge in [-0.3, -0.25) is 0 Å². The number of fused-ring (bicyclic) bond motifs is 1. The molecule has 5 heteroatoms. The van der Waals surface area contributed by atoms with Crippen molar-refractivity contribution in [3.63, 3.8) is 0 Å². The lowest BCUT2D eigenvalue weighted by Crippen LogP contribution is -2.15. The zero-order valence-corrected chi connectivity index (χ0v) is 20.7. The number of carbonyl (C=O) groups is 2. The quantitative estimate of drug-likeness (QED) is 0.225. The highest BCUT2D eigenvalue weighted by molar-refractivity contribution is 5.89. The summed E-state index contributed by atoms with van der Waals surface area (Å²) in [5, 5.41) is 1.25. The molecule has 36 heavy (non-hydrogen) atoms. The van der Waals surface area contributed by atoms with Crippen molar-refractivity contribution < 1.29 is 14.3 Å². The standard InChI is InChI=1S/C31H32N2O3/c1-36-31(35)27-12-8-25(9-13-27)21-33-18-15-29-28(14-17-32-30(29)33)26-10-6-24(7-11-26)20-23-4-2-22(3-5-23)16-19-34/h2-5,8-9,12-15,17-19,24,26H,6-7,10-11,16,20-21H2,1H3. The SMILES string of the molecule is COC(=O)c1ccc(Cn2ccc3c(C4CCC(Cc5ccc(CC=O)cc5)CC4)ccnc32)cc1. The first-order valence-electron chi connectivity index (χ1n) is 12.8. The van der Waals surface area contributed by atoms with Crippen molar-refractivity contribution in [2.45, 2.75) is 51.0 Å². The summed E-state index contributed by atoms with van der Waals surface area (Å²) in [6, 6.07) is 20.5. The highest BCUT2D eigenvalue weighted by Gasteiger charge is 2.24. The monoisotopic (exact) mass is 480 g/mol. The summed E-state index contributed by atoms with van der Waals surface area (Å²) in [7, 11) is 1.40. The van der Waals surface area contributed by atoms with Crippen LogP contribution in [0.15, 0.2) is 73.1 Å². The van der Waals surface area contributed by atoms with E-state index in [0.717, 1.165) is 29.5 Å². The van der Waals surface area contributed by atoms with Gasteiger partial charge in [-0.05, 0) is 90.5 Å². The van der Waals surface area contributed by atoms with Crippen molar-refractivity contribution in [3.8, 4) is 0 Å². The van der Waals surface area contributed by atoms with Crippen molar-refractivity contribution in [1.82, 2.24) is 9.55 Å². The van der Waals surface area contributed by atoms with Crippen molar-refractivity contribution in [3.05, 3.63) is 101 Å². The smallest absolute Gasteiger partial charge is 0.337 e. The Morgan fingerprint density at radius 1 is 0.944 bits per heavy atom. The van der Waals surface area contributed by atoms with Gasteiger partial charge in [0, 0.05) is 30.7 Å². The van der Waals surface area contributed by atoms with E-state index in [0.29, 0.717) is 30.4 Å². The maximum Gasteiger partial charge on any atom is 0.337 e. The molecule has 1 fully saturated rings. The van der Waals surface area contributed by atoms with Crippen LogP contribution in [0.1, 0.15) is 64.2 Å². The predicted molar refractivity (Wildman–Crippen MR) is 141 cm³/mol. The number of hydrogen-bond acceptors (Lipinski definition) is 4. The predicted octanol–water partition coefficient (Wildman–Crippen LogP) is 6.13. The maximum absolute atomic E-state index is 11.7. The summed E-state index contributed by atoms with van der Waals surface area (Å²) in [5.74, 6) is 0.964. The van der Waals surface area contributed by atoms with E-state index in [2.05, 4.69) is 47.2 Å². The molecule has 0 spiro atoms. The number of benzene rings is 2. The fraction of sp³-hybridized carbons (Fsp3) is 0.323. The van der Waals surface area contributed by atoms with E-state index in [9.17, 15) is 9.59 Å². The number of aldehydes is 1. The zero-order valence-electron chi connectivity index (χ0n) is 20.7. The molecule has 0 unspecified atom stereocenters. The van der Waals surface area contributed by atoms with Crippen LogP contribution in [0.4, 0.5) is 0 Å². The number of rotatable bonds is 8. The molecule has 0 saturated heterocycles. The van der Waals surface area contributed by atoms with Gasteiger partial charge < -0.3 is 14.1 Å². The molecule has 5 rings (SSSR count). The zero-order chi connectivity index (χ0) is 24.9. The first kappa shape index (κ1) is 24.0. The van der Waals surface area contributed by atoms with Gasteiger partial charge in [-0.2, -0.15) is 0 Å². The topological polar surface area (TPSA) is 61.2 Å². The number of nitrogens with zero attached hydrogens (tertiary/aromatic N) is 2. The number of hydrogen-bond donors (Lipinski definition) is 0. The minimum absolute atomic E-state index is 0.318. The molecular formula is C31H32N2O3. The Balaban J connectivity index is 1.24. The minimum atomic E-state index is -0.318. The second kappa shape index (κ2) is 10.9. The van der Waals surface area contributed by atoms with Crippen LogP contribution in [0, 0.1) is 5.92 Å². The van der Waals surface area contributed by atoms with Gasteiger partial charge in [-0.25, -0.2) is 9.78 Å². The number of ether oxygens (including phenoxy) is 1. The molecule has 0 bridgehead atoms. The molecule has 2 aromatic carbocycles. The maximum atomic E-state index is 11.7. The Morgan fingerprint density at radius 2 is 1.64 bits per heavy atom. The molecule has 184 valence electrons. The van der Waals surface area contributed by atoms with Crippen molar-refractivity contribution in [2.24, 2.45) is 5.92 Å². The van der Waals surface area contributed by atoms with Crippen LogP contribution in [-0.4, -0.2) is 28.9 Å². The van der Waals surface area contributed by atoms with Crippen LogP contribution in [0.3, 0.4) is 0 Å². The van der Waals surface area contributed by atoms with Crippen LogP contribution in [0.5, 0.6) is 0 Å². The van der Waals surface area contributed by atoms with Gasteiger partial charge in [0.15, 0.2) is 0 Å². The van der Waals surface area contributed by atoms with Crippen LogP contribution in [-0.2, 0) is 28.9 Å². The van der Waals surface area contributed by atoms with Gasteiger partial charge in [-0.1, -0.05) is 36.4 Å². The van der Waals surface area contributed by atoms with E-state index in [1.54, 1.807) is 0 Å². The Labute approximate surface area is 212 Å². The number of aromatic nitrogens is 2. The molecule has 1 saturated carbocycles.